The molecule has 0 unspecified atom stereocenters. The molecule has 0 fully saturated rings. The van der Waals surface area contributed by atoms with Gasteiger partial charge in [0.05, 0.1) is 0 Å². The van der Waals surface area contributed by atoms with E-state index in [1.54, 1.807) is 0 Å². The third-order valence-electron chi connectivity index (χ3n) is 1.86. The van der Waals surface area contributed by atoms with Gasteiger partial charge in [0, 0.05) is 5.57 Å². The number of pyridine rings is 1. The lowest BCUT2D eigenvalue weighted by Crippen LogP contribution is -2.14. The van der Waals surface area contributed by atoms with E-state index < -0.39 is 23.8 Å². The van der Waals surface area contributed by atoms with Gasteiger partial charge in [-0.05, 0) is 12.1 Å². The Hall–Kier alpha value is -2.11. The molecule has 0 aliphatic carbocycles. The maximum absolute atomic E-state index is 12.9. The second-order valence-electron chi connectivity index (χ2n) is 3.05. The maximum Gasteiger partial charge on any atom is 0.283 e. The third-order valence-corrected chi connectivity index (χ3v) is 1.86. The number of aromatic nitrogens is 1. The van der Waals surface area contributed by atoms with Gasteiger partial charge in [-0.2, -0.15) is 0 Å². The SMILES string of the molecule is C=CC(=C)C(=O)Nc1ccc(F)c(C(F)F)n1. The first kappa shape index (κ1) is 13.0. The van der Waals surface area contributed by atoms with Crippen molar-refractivity contribution < 1.29 is 18.0 Å². The van der Waals surface area contributed by atoms with Gasteiger partial charge in [0.25, 0.3) is 12.3 Å². The summed E-state index contributed by atoms with van der Waals surface area (Å²) in [6.45, 7) is 6.69. The molecule has 0 saturated carbocycles. The van der Waals surface area contributed by atoms with Gasteiger partial charge in [0.1, 0.15) is 11.5 Å². The summed E-state index contributed by atoms with van der Waals surface area (Å²) < 4.78 is 37.5. The first-order valence-corrected chi connectivity index (χ1v) is 4.53. The predicted molar refractivity (Wildman–Crippen MR) is 57.1 cm³/mol. The van der Waals surface area contributed by atoms with Crippen molar-refractivity contribution in [3.8, 4) is 0 Å². The summed E-state index contributed by atoms with van der Waals surface area (Å²) >= 11 is 0. The van der Waals surface area contributed by atoms with Gasteiger partial charge < -0.3 is 5.32 Å². The summed E-state index contributed by atoms with van der Waals surface area (Å²) in [5.74, 6) is -1.94. The van der Waals surface area contributed by atoms with Crippen molar-refractivity contribution in [2.45, 2.75) is 6.43 Å². The Balaban J connectivity index is 2.93. The zero-order valence-corrected chi connectivity index (χ0v) is 8.71. The Kier molecular flexibility index (Phi) is 4.03. The highest BCUT2D eigenvalue weighted by Gasteiger charge is 2.16. The van der Waals surface area contributed by atoms with E-state index in [1.165, 1.54) is 6.08 Å². The van der Waals surface area contributed by atoms with Crippen molar-refractivity contribution in [3.63, 3.8) is 0 Å². The first-order chi connectivity index (χ1) is 7.95. The minimum Gasteiger partial charge on any atom is -0.307 e. The first-order valence-electron chi connectivity index (χ1n) is 4.53. The number of amides is 1. The number of anilines is 1. The van der Waals surface area contributed by atoms with Gasteiger partial charge >= 0.3 is 0 Å². The number of alkyl halides is 2. The van der Waals surface area contributed by atoms with Crippen LogP contribution in [0.15, 0.2) is 36.9 Å². The van der Waals surface area contributed by atoms with Crippen LogP contribution in [-0.4, -0.2) is 10.9 Å². The molecule has 3 nitrogen and oxygen atoms in total. The minimum atomic E-state index is -3.05. The molecule has 0 radical (unpaired) electrons. The van der Waals surface area contributed by atoms with Gasteiger partial charge in [-0.25, -0.2) is 18.2 Å². The molecule has 1 rings (SSSR count). The summed E-state index contributed by atoms with van der Waals surface area (Å²) in [5, 5.41) is 2.19. The normalized spacial score (nSPS) is 10.1. The smallest absolute Gasteiger partial charge is 0.283 e. The number of halogens is 3. The van der Waals surface area contributed by atoms with E-state index in [0.717, 1.165) is 12.1 Å². The van der Waals surface area contributed by atoms with E-state index in [1.807, 2.05) is 0 Å². The van der Waals surface area contributed by atoms with Gasteiger partial charge in [-0.3, -0.25) is 4.79 Å². The highest BCUT2D eigenvalue weighted by Crippen LogP contribution is 2.21. The summed E-state index contributed by atoms with van der Waals surface area (Å²) in [6.07, 6.45) is -1.85. The highest BCUT2D eigenvalue weighted by molar-refractivity contribution is 6.04. The molecule has 0 bridgehead atoms. The van der Waals surface area contributed by atoms with Crippen molar-refractivity contribution in [3.05, 3.63) is 48.5 Å². The van der Waals surface area contributed by atoms with E-state index in [4.69, 9.17) is 0 Å². The van der Waals surface area contributed by atoms with Gasteiger partial charge in [-0.1, -0.05) is 19.2 Å². The van der Waals surface area contributed by atoms with Crippen molar-refractivity contribution in [2.24, 2.45) is 0 Å². The molecule has 17 heavy (non-hydrogen) atoms. The zero-order chi connectivity index (χ0) is 13.0. The standard InChI is InChI=1S/C11H9F3N2O/c1-3-6(2)11(17)16-8-5-4-7(12)9(15-8)10(13)14/h3-5,10H,1-2H2,(H,15,16,17). The number of hydrogen-bond donors (Lipinski definition) is 1. The van der Waals surface area contributed by atoms with Crippen LogP contribution in [-0.2, 0) is 4.79 Å². The molecule has 90 valence electrons. The van der Waals surface area contributed by atoms with Gasteiger partial charge in [0.2, 0.25) is 0 Å². The second-order valence-corrected chi connectivity index (χ2v) is 3.05. The largest absolute Gasteiger partial charge is 0.307 e. The molecule has 0 aliphatic rings. The lowest BCUT2D eigenvalue weighted by Gasteiger charge is -2.06. The van der Waals surface area contributed by atoms with Crippen LogP contribution in [0.5, 0.6) is 0 Å². The monoisotopic (exact) mass is 242 g/mol. The molecule has 0 aliphatic heterocycles. The number of nitrogens with one attached hydrogen (secondary N) is 1. The fourth-order valence-corrected chi connectivity index (χ4v) is 0.970. The molecule has 1 aromatic heterocycles. The van der Waals surface area contributed by atoms with E-state index >= 15 is 0 Å². The number of carbonyl (C=O) groups is 1. The Bertz CT molecular complexity index is 472. The summed E-state index contributed by atoms with van der Waals surface area (Å²) in [7, 11) is 0. The maximum atomic E-state index is 12.9. The number of rotatable bonds is 4. The fraction of sp³-hybridized carbons (Fsp3) is 0.0909. The average Bonchev–Trinajstić information content (AvgIpc) is 2.30. The van der Waals surface area contributed by atoms with Crippen LogP contribution in [0, 0.1) is 5.82 Å². The van der Waals surface area contributed by atoms with E-state index in [0.29, 0.717) is 0 Å². The average molecular weight is 242 g/mol. The van der Waals surface area contributed by atoms with Crippen LogP contribution < -0.4 is 5.32 Å². The predicted octanol–water partition coefficient (Wildman–Crippen LogP) is 2.84. The zero-order valence-electron chi connectivity index (χ0n) is 8.71. The summed E-state index contributed by atoms with van der Waals surface area (Å²) in [5.41, 5.74) is -0.957. The van der Waals surface area contributed by atoms with Crippen LogP contribution in [0.3, 0.4) is 0 Å². The van der Waals surface area contributed by atoms with Gasteiger partial charge in [-0.15, -0.1) is 0 Å². The van der Waals surface area contributed by atoms with Crippen LogP contribution in [0.2, 0.25) is 0 Å². The van der Waals surface area contributed by atoms with Crippen LogP contribution in [0.1, 0.15) is 12.1 Å². The molecule has 0 atom stereocenters. The van der Waals surface area contributed by atoms with E-state index in [9.17, 15) is 18.0 Å². The molecular formula is C11H9F3N2O. The molecule has 1 aromatic rings. The van der Waals surface area contributed by atoms with Crippen molar-refractivity contribution in [2.75, 3.05) is 5.32 Å². The topological polar surface area (TPSA) is 42.0 Å². The summed E-state index contributed by atoms with van der Waals surface area (Å²) in [6, 6.07) is 1.89. The van der Waals surface area contributed by atoms with Crippen LogP contribution in [0.4, 0.5) is 19.0 Å². The quantitative estimate of drug-likeness (QED) is 0.651. The fourth-order valence-electron chi connectivity index (χ4n) is 0.970. The molecule has 1 amide bonds. The van der Waals surface area contributed by atoms with E-state index in [2.05, 4.69) is 23.5 Å². The lowest BCUT2D eigenvalue weighted by atomic mass is 10.3. The van der Waals surface area contributed by atoms with Crippen molar-refractivity contribution in [1.29, 1.82) is 0 Å². The van der Waals surface area contributed by atoms with Crippen molar-refractivity contribution >= 4 is 11.7 Å². The molecule has 0 saturated heterocycles. The molecule has 6 heteroatoms. The van der Waals surface area contributed by atoms with Crippen LogP contribution >= 0.6 is 0 Å². The Morgan fingerprint density at radius 3 is 2.65 bits per heavy atom. The second kappa shape index (κ2) is 5.29. The molecular weight excluding hydrogens is 233 g/mol. The lowest BCUT2D eigenvalue weighted by molar-refractivity contribution is -0.112. The number of carbonyl (C=O) groups excluding carboxylic acids is 1. The van der Waals surface area contributed by atoms with Gasteiger partial charge in [0.15, 0.2) is 5.82 Å². The van der Waals surface area contributed by atoms with Crippen LogP contribution in [0.25, 0.3) is 0 Å². The molecule has 1 N–H and O–H groups in total. The molecule has 0 aromatic carbocycles. The Morgan fingerprint density at radius 1 is 1.47 bits per heavy atom. The Labute approximate surface area is 95.7 Å². The third kappa shape index (κ3) is 3.17. The molecule has 0 spiro atoms. The molecule has 1 heterocycles. The summed E-state index contributed by atoms with van der Waals surface area (Å²) in [4.78, 5) is 14.6. The van der Waals surface area contributed by atoms with Crippen molar-refractivity contribution in [1.82, 2.24) is 4.98 Å². The number of nitrogens with zero attached hydrogens (tertiary/aromatic N) is 1. The van der Waals surface area contributed by atoms with E-state index in [-0.39, 0.29) is 11.4 Å². The minimum absolute atomic E-state index is 0.0507. The number of hydrogen-bond acceptors (Lipinski definition) is 2. The highest BCUT2D eigenvalue weighted by atomic mass is 19.3. The Morgan fingerprint density at radius 2 is 2.12 bits per heavy atom.